The first-order valence-electron chi connectivity index (χ1n) is 4.87. The van der Waals surface area contributed by atoms with Gasteiger partial charge in [-0.1, -0.05) is 29.4 Å². The van der Waals surface area contributed by atoms with Crippen LogP contribution < -0.4 is 0 Å². The van der Waals surface area contributed by atoms with E-state index in [-0.39, 0.29) is 5.82 Å². The van der Waals surface area contributed by atoms with Crippen LogP contribution >= 0.6 is 0 Å². The normalized spacial score (nSPS) is 9.81. The van der Waals surface area contributed by atoms with Crippen LogP contribution in [0.5, 0.6) is 0 Å². The van der Waals surface area contributed by atoms with Gasteiger partial charge in [0, 0.05) is 12.5 Å². The minimum absolute atomic E-state index is 0.263. The van der Waals surface area contributed by atoms with Gasteiger partial charge >= 0.3 is 0 Å². The zero-order valence-corrected chi connectivity index (χ0v) is 8.80. The maximum absolute atomic E-state index is 10.0. The van der Waals surface area contributed by atoms with Crippen molar-refractivity contribution in [2.24, 2.45) is 4.99 Å². The Kier molecular flexibility index (Phi) is 2.94. The third-order valence-electron chi connectivity index (χ3n) is 2.33. The van der Waals surface area contributed by atoms with Gasteiger partial charge in [0.2, 0.25) is 11.9 Å². The van der Waals surface area contributed by atoms with Crippen molar-refractivity contribution in [3.05, 3.63) is 47.2 Å². The maximum Gasteiger partial charge on any atom is 0.242 e. The van der Waals surface area contributed by atoms with E-state index in [1.807, 2.05) is 31.2 Å². The van der Waals surface area contributed by atoms with Crippen molar-refractivity contribution in [3.63, 3.8) is 0 Å². The molecular formula is C12H10N2O2. The van der Waals surface area contributed by atoms with Gasteiger partial charge in [0.15, 0.2) is 0 Å². The molecule has 0 saturated heterocycles. The second-order valence-electron chi connectivity index (χ2n) is 3.46. The van der Waals surface area contributed by atoms with Gasteiger partial charge in [-0.2, -0.15) is 0 Å². The lowest BCUT2D eigenvalue weighted by atomic mass is 10.0. The average Bonchev–Trinajstić information content (AvgIpc) is 2.70. The van der Waals surface area contributed by atoms with Crippen LogP contribution in [-0.2, 0) is 11.2 Å². The third kappa shape index (κ3) is 2.24. The Labute approximate surface area is 92.6 Å². The first-order chi connectivity index (χ1) is 7.79. The van der Waals surface area contributed by atoms with E-state index in [9.17, 15) is 4.79 Å². The highest BCUT2D eigenvalue weighted by atomic mass is 16.5. The molecule has 0 aliphatic heterocycles. The molecule has 0 aliphatic carbocycles. The number of aliphatic imine (C=N–C) groups is 1. The number of aryl methyl sites for hydroxylation is 1. The standard InChI is InChI=1S/C12H10N2O2/c1-9-4-2-3-5-10(9)6-11-7-12(13-8-15)14-16-11/h2-5,7H,6H2,1H3. The molecule has 0 unspecified atom stereocenters. The van der Waals surface area contributed by atoms with Gasteiger partial charge in [-0.05, 0) is 18.1 Å². The lowest BCUT2D eigenvalue weighted by molar-refractivity contribution is 0.391. The van der Waals surface area contributed by atoms with Crippen molar-refractivity contribution in [2.45, 2.75) is 13.3 Å². The van der Waals surface area contributed by atoms with E-state index in [0.29, 0.717) is 12.2 Å². The minimum Gasteiger partial charge on any atom is -0.359 e. The lowest BCUT2D eigenvalue weighted by Crippen LogP contribution is -1.88. The van der Waals surface area contributed by atoms with Gasteiger partial charge in [0.05, 0.1) is 0 Å². The van der Waals surface area contributed by atoms with Crippen molar-refractivity contribution in [1.29, 1.82) is 0 Å². The fourth-order valence-corrected chi connectivity index (χ4v) is 1.48. The molecule has 1 aromatic carbocycles. The van der Waals surface area contributed by atoms with Crippen LogP contribution in [0.15, 0.2) is 39.8 Å². The molecule has 1 aromatic heterocycles. The van der Waals surface area contributed by atoms with Gasteiger partial charge in [-0.15, -0.1) is 4.99 Å². The molecule has 0 fully saturated rings. The second-order valence-corrected chi connectivity index (χ2v) is 3.46. The van der Waals surface area contributed by atoms with Crippen LogP contribution in [-0.4, -0.2) is 11.2 Å². The number of hydrogen-bond acceptors (Lipinski definition) is 4. The van der Waals surface area contributed by atoms with Crippen LogP contribution in [0, 0.1) is 6.92 Å². The topological polar surface area (TPSA) is 55.5 Å². The Hall–Kier alpha value is -2.19. The number of benzene rings is 1. The molecule has 16 heavy (non-hydrogen) atoms. The number of rotatable bonds is 3. The van der Waals surface area contributed by atoms with E-state index in [1.165, 1.54) is 17.2 Å². The van der Waals surface area contributed by atoms with Crippen molar-refractivity contribution in [3.8, 4) is 0 Å². The summed E-state index contributed by atoms with van der Waals surface area (Å²) in [5.41, 5.74) is 2.36. The predicted octanol–water partition coefficient (Wildman–Crippen LogP) is 2.54. The van der Waals surface area contributed by atoms with E-state index >= 15 is 0 Å². The lowest BCUT2D eigenvalue weighted by Gasteiger charge is -2.01. The molecule has 0 N–H and O–H groups in total. The van der Waals surface area contributed by atoms with E-state index in [1.54, 1.807) is 6.07 Å². The number of nitrogens with zero attached hydrogens (tertiary/aromatic N) is 2. The summed E-state index contributed by atoms with van der Waals surface area (Å²) >= 11 is 0. The van der Waals surface area contributed by atoms with Crippen molar-refractivity contribution < 1.29 is 9.32 Å². The smallest absolute Gasteiger partial charge is 0.242 e. The van der Waals surface area contributed by atoms with Crippen LogP contribution in [0.4, 0.5) is 5.82 Å². The highest BCUT2D eigenvalue weighted by Gasteiger charge is 2.05. The Morgan fingerprint density at radius 2 is 2.25 bits per heavy atom. The summed E-state index contributed by atoms with van der Waals surface area (Å²) in [4.78, 5) is 13.4. The molecule has 0 atom stereocenters. The van der Waals surface area contributed by atoms with Gasteiger partial charge in [-0.25, -0.2) is 4.79 Å². The van der Waals surface area contributed by atoms with E-state index in [4.69, 9.17) is 4.52 Å². The summed E-state index contributed by atoms with van der Waals surface area (Å²) in [6.07, 6.45) is 2.07. The molecule has 80 valence electrons. The van der Waals surface area contributed by atoms with Crippen LogP contribution in [0.1, 0.15) is 16.9 Å². The summed E-state index contributed by atoms with van der Waals surface area (Å²) < 4.78 is 5.05. The van der Waals surface area contributed by atoms with E-state index < -0.39 is 0 Å². The molecule has 2 aromatic rings. The molecule has 4 heteroatoms. The van der Waals surface area contributed by atoms with Crippen molar-refractivity contribution in [1.82, 2.24) is 5.16 Å². The van der Waals surface area contributed by atoms with E-state index in [2.05, 4.69) is 10.1 Å². The molecule has 0 saturated carbocycles. The first-order valence-corrected chi connectivity index (χ1v) is 4.87. The summed E-state index contributed by atoms with van der Waals surface area (Å²) in [5, 5.41) is 3.63. The zero-order chi connectivity index (χ0) is 11.4. The second kappa shape index (κ2) is 4.55. The monoisotopic (exact) mass is 214 g/mol. The number of carbonyl (C=O) groups excluding carboxylic acids is 1. The molecule has 0 aliphatic rings. The Balaban J connectivity index is 2.21. The largest absolute Gasteiger partial charge is 0.359 e. The Morgan fingerprint density at radius 3 is 3.00 bits per heavy atom. The fraction of sp³-hybridized carbons (Fsp3) is 0.167. The third-order valence-corrected chi connectivity index (χ3v) is 2.33. The van der Waals surface area contributed by atoms with E-state index in [0.717, 1.165) is 0 Å². The average molecular weight is 214 g/mol. The van der Waals surface area contributed by atoms with Gasteiger partial charge < -0.3 is 4.52 Å². The van der Waals surface area contributed by atoms with Crippen molar-refractivity contribution in [2.75, 3.05) is 0 Å². The number of isocyanates is 1. The summed E-state index contributed by atoms with van der Waals surface area (Å²) in [6.45, 7) is 2.04. The maximum atomic E-state index is 10.0. The fourth-order valence-electron chi connectivity index (χ4n) is 1.48. The Bertz CT molecular complexity index is 539. The first kappa shape index (κ1) is 10.3. The van der Waals surface area contributed by atoms with Crippen LogP contribution in [0.25, 0.3) is 0 Å². The molecule has 0 spiro atoms. The summed E-state index contributed by atoms with van der Waals surface area (Å²) in [6, 6.07) is 9.67. The highest BCUT2D eigenvalue weighted by Crippen LogP contribution is 2.17. The minimum atomic E-state index is 0.263. The highest BCUT2D eigenvalue weighted by molar-refractivity contribution is 5.44. The van der Waals surface area contributed by atoms with Crippen LogP contribution in [0.3, 0.4) is 0 Å². The molecule has 2 rings (SSSR count). The number of hydrogen-bond donors (Lipinski definition) is 0. The van der Waals surface area contributed by atoms with Gasteiger partial charge in [-0.3, -0.25) is 0 Å². The molecular weight excluding hydrogens is 204 g/mol. The molecule has 1 heterocycles. The van der Waals surface area contributed by atoms with Gasteiger partial charge in [0.25, 0.3) is 0 Å². The molecule has 0 amide bonds. The zero-order valence-electron chi connectivity index (χ0n) is 8.80. The van der Waals surface area contributed by atoms with Gasteiger partial charge in [0.1, 0.15) is 5.76 Å². The SMILES string of the molecule is Cc1ccccc1Cc1cc(N=C=O)no1. The van der Waals surface area contributed by atoms with Crippen molar-refractivity contribution >= 4 is 11.9 Å². The predicted molar refractivity (Wildman–Crippen MR) is 58.3 cm³/mol. The summed E-state index contributed by atoms with van der Waals surface area (Å²) in [7, 11) is 0. The quantitative estimate of drug-likeness (QED) is 0.582. The molecule has 0 radical (unpaired) electrons. The Morgan fingerprint density at radius 1 is 1.44 bits per heavy atom. The van der Waals surface area contributed by atoms with Crippen LogP contribution in [0.2, 0.25) is 0 Å². The summed E-state index contributed by atoms with van der Waals surface area (Å²) in [5.74, 6) is 0.946. The molecule has 4 nitrogen and oxygen atoms in total. The number of aromatic nitrogens is 1. The molecule has 0 bridgehead atoms.